The molecule has 0 aromatic heterocycles. The Morgan fingerprint density at radius 3 is 2.48 bits per heavy atom. The van der Waals surface area contributed by atoms with Crippen LogP contribution in [0.25, 0.3) is 0 Å². The van der Waals surface area contributed by atoms with E-state index >= 15 is 0 Å². The number of rotatable bonds is 5. The Labute approximate surface area is 126 Å². The van der Waals surface area contributed by atoms with E-state index in [1.54, 1.807) is 0 Å². The summed E-state index contributed by atoms with van der Waals surface area (Å²) in [6, 6.07) is 14.0. The second-order valence-corrected chi connectivity index (χ2v) is 5.21. The van der Waals surface area contributed by atoms with Gasteiger partial charge < -0.3 is 10.6 Å². The first-order valence-electron chi connectivity index (χ1n) is 7.23. The molecule has 0 atom stereocenters. The Hall–Kier alpha value is -2.29. The number of benzene rings is 2. The number of nitrogens with one attached hydrogen (secondary N) is 2. The highest BCUT2D eigenvalue weighted by molar-refractivity contribution is 5.96. The molecule has 2 aromatic carbocycles. The van der Waals surface area contributed by atoms with Crippen molar-refractivity contribution in [3.05, 3.63) is 64.7 Å². The SMILES string of the molecule is CNc1ccc(C(=O)NCCc2ccccc2C)c(C)c1. The first-order chi connectivity index (χ1) is 10.1. The van der Waals surface area contributed by atoms with Crippen molar-refractivity contribution >= 4 is 11.6 Å². The second kappa shape index (κ2) is 6.93. The molecule has 2 rings (SSSR count). The Morgan fingerprint density at radius 2 is 1.81 bits per heavy atom. The zero-order chi connectivity index (χ0) is 15.2. The molecule has 0 fully saturated rings. The number of amides is 1. The van der Waals surface area contributed by atoms with Gasteiger partial charge in [0, 0.05) is 24.8 Å². The molecule has 0 saturated carbocycles. The first kappa shape index (κ1) is 15.1. The van der Waals surface area contributed by atoms with Crippen LogP contribution in [0.4, 0.5) is 5.69 Å². The summed E-state index contributed by atoms with van der Waals surface area (Å²) in [5, 5.41) is 6.07. The van der Waals surface area contributed by atoms with E-state index in [-0.39, 0.29) is 5.91 Å². The fourth-order valence-electron chi connectivity index (χ4n) is 2.37. The van der Waals surface area contributed by atoms with Crippen molar-refractivity contribution in [1.82, 2.24) is 5.32 Å². The van der Waals surface area contributed by atoms with Crippen molar-refractivity contribution < 1.29 is 4.79 Å². The van der Waals surface area contributed by atoms with Gasteiger partial charge in [-0.25, -0.2) is 0 Å². The van der Waals surface area contributed by atoms with Gasteiger partial charge in [-0.3, -0.25) is 4.79 Å². The number of aryl methyl sites for hydroxylation is 2. The number of carbonyl (C=O) groups is 1. The smallest absolute Gasteiger partial charge is 0.251 e. The van der Waals surface area contributed by atoms with Gasteiger partial charge in [0.1, 0.15) is 0 Å². The molecule has 3 heteroatoms. The molecule has 0 spiro atoms. The molecule has 0 aliphatic heterocycles. The molecule has 0 bridgehead atoms. The van der Waals surface area contributed by atoms with Crippen molar-refractivity contribution in [3.63, 3.8) is 0 Å². The third kappa shape index (κ3) is 3.85. The van der Waals surface area contributed by atoms with Crippen LogP contribution in [0.15, 0.2) is 42.5 Å². The minimum atomic E-state index is -0.0104. The second-order valence-electron chi connectivity index (χ2n) is 5.21. The van der Waals surface area contributed by atoms with Crippen LogP contribution in [0.5, 0.6) is 0 Å². The lowest BCUT2D eigenvalue weighted by Gasteiger charge is -2.10. The topological polar surface area (TPSA) is 41.1 Å². The fourth-order valence-corrected chi connectivity index (χ4v) is 2.37. The summed E-state index contributed by atoms with van der Waals surface area (Å²) in [6.45, 7) is 4.70. The highest BCUT2D eigenvalue weighted by Crippen LogP contribution is 2.14. The average molecular weight is 282 g/mol. The van der Waals surface area contributed by atoms with E-state index in [0.29, 0.717) is 6.54 Å². The maximum Gasteiger partial charge on any atom is 0.251 e. The first-order valence-corrected chi connectivity index (χ1v) is 7.23. The summed E-state index contributed by atoms with van der Waals surface area (Å²) in [5.74, 6) is -0.0104. The Balaban J connectivity index is 1.95. The maximum absolute atomic E-state index is 12.2. The monoisotopic (exact) mass is 282 g/mol. The van der Waals surface area contributed by atoms with Crippen LogP contribution in [-0.2, 0) is 6.42 Å². The van der Waals surface area contributed by atoms with Gasteiger partial charge in [0.2, 0.25) is 0 Å². The lowest BCUT2D eigenvalue weighted by Crippen LogP contribution is -2.26. The predicted octanol–water partition coefficient (Wildman–Crippen LogP) is 3.32. The fraction of sp³-hybridized carbons (Fsp3) is 0.278. The quantitative estimate of drug-likeness (QED) is 0.883. The lowest BCUT2D eigenvalue weighted by molar-refractivity contribution is 0.0953. The van der Waals surface area contributed by atoms with Gasteiger partial charge >= 0.3 is 0 Å². The summed E-state index contributed by atoms with van der Waals surface area (Å²) < 4.78 is 0. The Bertz CT molecular complexity index is 635. The molecule has 3 nitrogen and oxygen atoms in total. The molecule has 0 aliphatic rings. The Morgan fingerprint density at radius 1 is 1.05 bits per heavy atom. The van der Waals surface area contributed by atoms with E-state index < -0.39 is 0 Å². The molecule has 110 valence electrons. The number of hydrogen-bond acceptors (Lipinski definition) is 2. The minimum Gasteiger partial charge on any atom is -0.388 e. The van der Waals surface area contributed by atoms with Crippen molar-refractivity contribution in [2.45, 2.75) is 20.3 Å². The summed E-state index contributed by atoms with van der Waals surface area (Å²) >= 11 is 0. The number of anilines is 1. The van der Waals surface area contributed by atoms with E-state index in [1.807, 2.05) is 44.3 Å². The number of carbonyl (C=O) groups excluding carboxylic acids is 1. The highest BCUT2D eigenvalue weighted by atomic mass is 16.1. The van der Waals surface area contributed by atoms with Gasteiger partial charge in [-0.2, -0.15) is 0 Å². The van der Waals surface area contributed by atoms with Crippen LogP contribution in [-0.4, -0.2) is 19.5 Å². The third-order valence-corrected chi connectivity index (χ3v) is 3.70. The summed E-state index contributed by atoms with van der Waals surface area (Å²) in [4.78, 5) is 12.2. The standard InChI is InChI=1S/C18H22N2O/c1-13-6-4-5-7-15(13)10-11-20-18(21)17-9-8-16(19-3)12-14(17)2/h4-9,12,19H,10-11H2,1-3H3,(H,20,21). The third-order valence-electron chi connectivity index (χ3n) is 3.70. The molecule has 0 heterocycles. The maximum atomic E-state index is 12.2. The Kier molecular flexibility index (Phi) is 4.99. The normalized spacial score (nSPS) is 10.2. The van der Waals surface area contributed by atoms with Crippen LogP contribution >= 0.6 is 0 Å². The molecule has 1 amide bonds. The van der Waals surface area contributed by atoms with Crippen LogP contribution < -0.4 is 10.6 Å². The molecule has 0 saturated heterocycles. The van der Waals surface area contributed by atoms with E-state index in [2.05, 4.69) is 29.7 Å². The zero-order valence-electron chi connectivity index (χ0n) is 12.9. The molecular formula is C18H22N2O. The molecular weight excluding hydrogens is 260 g/mol. The van der Waals surface area contributed by atoms with Gasteiger partial charge in [0.25, 0.3) is 5.91 Å². The van der Waals surface area contributed by atoms with Gasteiger partial charge in [-0.1, -0.05) is 24.3 Å². The minimum absolute atomic E-state index is 0.0104. The predicted molar refractivity (Wildman–Crippen MR) is 87.9 cm³/mol. The van der Waals surface area contributed by atoms with Crippen LogP contribution in [0.2, 0.25) is 0 Å². The molecule has 2 aromatic rings. The van der Waals surface area contributed by atoms with Crippen molar-refractivity contribution in [1.29, 1.82) is 0 Å². The molecule has 0 aliphatic carbocycles. The molecule has 2 N–H and O–H groups in total. The summed E-state index contributed by atoms with van der Waals surface area (Å²) in [7, 11) is 1.87. The number of hydrogen-bond donors (Lipinski definition) is 2. The van der Waals surface area contributed by atoms with Gasteiger partial charge in [0.05, 0.1) is 0 Å². The zero-order valence-corrected chi connectivity index (χ0v) is 12.9. The summed E-state index contributed by atoms with van der Waals surface area (Å²) in [5.41, 5.74) is 5.28. The van der Waals surface area contributed by atoms with E-state index in [0.717, 1.165) is 23.2 Å². The molecule has 0 radical (unpaired) electrons. The molecule has 0 unspecified atom stereocenters. The average Bonchev–Trinajstić information content (AvgIpc) is 2.48. The van der Waals surface area contributed by atoms with Gasteiger partial charge in [0.15, 0.2) is 0 Å². The van der Waals surface area contributed by atoms with Crippen molar-refractivity contribution in [2.75, 3.05) is 18.9 Å². The van der Waals surface area contributed by atoms with Crippen LogP contribution in [0.1, 0.15) is 27.0 Å². The van der Waals surface area contributed by atoms with Gasteiger partial charge in [-0.05, 0) is 55.2 Å². The van der Waals surface area contributed by atoms with Crippen molar-refractivity contribution in [3.8, 4) is 0 Å². The van der Waals surface area contributed by atoms with Crippen LogP contribution in [0, 0.1) is 13.8 Å². The van der Waals surface area contributed by atoms with Crippen molar-refractivity contribution in [2.24, 2.45) is 0 Å². The molecule has 21 heavy (non-hydrogen) atoms. The summed E-state index contributed by atoms with van der Waals surface area (Å²) in [6.07, 6.45) is 0.853. The van der Waals surface area contributed by atoms with Gasteiger partial charge in [-0.15, -0.1) is 0 Å². The lowest BCUT2D eigenvalue weighted by atomic mass is 10.1. The van der Waals surface area contributed by atoms with E-state index in [9.17, 15) is 4.79 Å². The highest BCUT2D eigenvalue weighted by Gasteiger charge is 2.08. The van der Waals surface area contributed by atoms with E-state index in [1.165, 1.54) is 11.1 Å². The van der Waals surface area contributed by atoms with E-state index in [4.69, 9.17) is 0 Å². The van der Waals surface area contributed by atoms with Crippen LogP contribution in [0.3, 0.4) is 0 Å². The largest absolute Gasteiger partial charge is 0.388 e.